The van der Waals surface area contributed by atoms with Gasteiger partial charge >= 0.3 is 12.3 Å². The van der Waals surface area contributed by atoms with Crippen molar-refractivity contribution in [3.8, 4) is 11.5 Å². The lowest BCUT2D eigenvalue weighted by atomic mass is 10.1. The summed E-state index contributed by atoms with van der Waals surface area (Å²) in [6, 6.07) is 8.68. The minimum absolute atomic E-state index is 0.0150. The molecule has 13 heteroatoms. The third kappa shape index (κ3) is 6.93. The van der Waals surface area contributed by atoms with E-state index in [1.807, 2.05) is 0 Å². The van der Waals surface area contributed by atoms with Crippen molar-refractivity contribution >= 4 is 21.6 Å². The molecule has 1 amide bonds. The summed E-state index contributed by atoms with van der Waals surface area (Å²) in [5, 5.41) is 18.6. The fourth-order valence-corrected chi connectivity index (χ4v) is 2.85. The van der Waals surface area contributed by atoms with Crippen LogP contribution in [-0.2, 0) is 21.2 Å². The van der Waals surface area contributed by atoms with Gasteiger partial charge in [0.05, 0.1) is 9.82 Å². The number of nitrogens with one attached hydrogen (secondary N) is 1. The number of carbonyl (C=O) groups is 1. The van der Waals surface area contributed by atoms with E-state index in [0.29, 0.717) is 6.42 Å². The SMILES string of the molecule is NS(=O)(=O)c1ccc(OCC(=O)NCCc2ccc(OC(F)F)cc2)c([N+](=O)[O-])c1. The highest BCUT2D eigenvalue weighted by Gasteiger charge is 2.20. The molecule has 0 radical (unpaired) electrons. The Hall–Kier alpha value is -3.32. The molecule has 0 aliphatic heterocycles. The molecular formula is C17H17F2N3O7S. The van der Waals surface area contributed by atoms with E-state index in [1.165, 1.54) is 12.1 Å². The lowest BCUT2D eigenvalue weighted by Crippen LogP contribution is -2.30. The molecule has 0 saturated heterocycles. The van der Waals surface area contributed by atoms with Crippen LogP contribution in [0.15, 0.2) is 47.4 Å². The van der Waals surface area contributed by atoms with E-state index in [1.54, 1.807) is 12.1 Å². The van der Waals surface area contributed by atoms with E-state index in [4.69, 9.17) is 9.88 Å². The first-order valence-electron chi connectivity index (χ1n) is 8.31. The number of nitro benzene ring substituents is 1. The van der Waals surface area contributed by atoms with Crippen LogP contribution in [0.4, 0.5) is 14.5 Å². The van der Waals surface area contributed by atoms with Gasteiger partial charge in [0, 0.05) is 12.6 Å². The average molecular weight is 445 g/mol. The minimum atomic E-state index is -4.14. The van der Waals surface area contributed by atoms with E-state index < -0.39 is 44.7 Å². The van der Waals surface area contributed by atoms with Crippen LogP contribution < -0.4 is 19.9 Å². The molecule has 2 aromatic rings. The van der Waals surface area contributed by atoms with Crippen molar-refractivity contribution in [2.75, 3.05) is 13.2 Å². The summed E-state index contributed by atoms with van der Waals surface area (Å²) < 4.78 is 56.1. The number of halogens is 2. The van der Waals surface area contributed by atoms with Crippen molar-refractivity contribution in [3.63, 3.8) is 0 Å². The smallest absolute Gasteiger partial charge is 0.387 e. The van der Waals surface area contributed by atoms with E-state index in [9.17, 15) is 32.1 Å². The molecule has 0 aromatic heterocycles. The summed E-state index contributed by atoms with van der Waals surface area (Å²) in [4.78, 5) is 21.6. The number of hydrogen-bond donors (Lipinski definition) is 2. The van der Waals surface area contributed by atoms with Gasteiger partial charge in [-0.15, -0.1) is 0 Å². The summed E-state index contributed by atoms with van der Waals surface area (Å²) >= 11 is 0. The molecule has 0 aliphatic carbocycles. The van der Waals surface area contributed by atoms with Crippen molar-refractivity contribution in [1.29, 1.82) is 0 Å². The van der Waals surface area contributed by atoms with Crippen LogP contribution in [0.3, 0.4) is 0 Å². The van der Waals surface area contributed by atoms with Crippen LogP contribution >= 0.6 is 0 Å². The first-order valence-corrected chi connectivity index (χ1v) is 9.85. The summed E-state index contributed by atoms with van der Waals surface area (Å²) in [6.45, 7) is -3.26. The zero-order valence-electron chi connectivity index (χ0n) is 15.3. The van der Waals surface area contributed by atoms with Gasteiger partial charge in [0.15, 0.2) is 12.4 Å². The summed E-state index contributed by atoms with van der Waals surface area (Å²) in [6.07, 6.45) is 0.393. The number of rotatable bonds is 10. The monoisotopic (exact) mass is 445 g/mol. The highest BCUT2D eigenvalue weighted by molar-refractivity contribution is 7.89. The molecule has 0 atom stereocenters. The van der Waals surface area contributed by atoms with E-state index >= 15 is 0 Å². The Labute approximate surface area is 169 Å². The largest absolute Gasteiger partial charge is 0.477 e. The second-order valence-electron chi connectivity index (χ2n) is 5.84. The maximum absolute atomic E-state index is 12.1. The van der Waals surface area contributed by atoms with E-state index in [2.05, 4.69) is 10.1 Å². The number of benzene rings is 2. The molecule has 162 valence electrons. The third-order valence-electron chi connectivity index (χ3n) is 3.70. The molecule has 0 aliphatic rings. The highest BCUT2D eigenvalue weighted by Crippen LogP contribution is 2.29. The Morgan fingerprint density at radius 3 is 2.43 bits per heavy atom. The number of primary sulfonamides is 1. The normalized spacial score (nSPS) is 11.2. The number of sulfonamides is 1. The molecule has 2 rings (SSSR count). The number of nitrogens with two attached hydrogens (primary N) is 1. The molecule has 10 nitrogen and oxygen atoms in total. The molecule has 30 heavy (non-hydrogen) atoms. The second-order valence-corrected chi connectivity index (χ2v) is 7.40. The standard InChI is InChI=1S/C17H17F2N3O7S/c18-17(19)29-12-3-1-11(2-4-12)7-8-21-16(23)10-28-15-6-5-13(30(20,26)27)9-14(15)22(24)25/h1-6,9,17H,7-8,10H2,(H,21,23)(H2,20,26,27). The number of ether oxygens (including phenoxy) is 2. The van der Waals surface area contributed by atoms with Crippen LogP contribution in [0.1, 0.15) is 5.56 Å². The zero-order chi connectivity index (χ0) is 22.3. The quantitative estimate of drug-likeness (QED) is 0.416. The second kappa shape index (κ2) is 9.93. The molecular weight excluding hydrogens is 428 g/mol. The Bertz CT molecular complexity index is 1010. The third-order valence-corrected chi connectivity index (χ3v) is 4.61. The first kappa shape index (κ1) is 23.0. The Balaban J connectivity index is 1.86. The molecule has 0 bridgehead atoms. The molecule has 0 fully saturated rings. The first-order chi connectivity index (χ1) is 14.1. The predicted octanol–water partition coefficient (Wildman–Crippen LogP) is 1.58. The summed E-state index contributed by atoms with van der Waals surface area (Å²) in [7, 11) is -4.14. The van der Waals surface area contributed by atoms with Crippen molar-refractivity contribution < 1.29 is 36.4 Å². The van der Waals surface area contributed by atoms with Crippen LogP contribution in [0.2, 0.25) is 0 Å². The van der Waals surface area contributed by atoms with Crippen molar-refractivity contribution in [2.24, 2.45) is 5.14 Å². The van der Waals surface area contributed by atoms with Gasteiger partial charge in [-0.25, -0.2) is 13.6 Å². The average Bonchev–Trinajstić information content (AvgIpc) is 2.66. The lowest BCUT2D eigenvalue weighted by Gasteiger charge is -2.09. The maximum atomic E-state index is 12.1. The zero-order valence-corrected chi connectivity index (χ0v) is 16.1. The predicted molar refractivity (Wildman–Crippen MR) is 99.8 cm³/mol. The molecule has 0 heterocycles. The number of carbonyl (C=O) groups excluding carboxylic acids is 1. The Morgan fingerprint density at radius 1 is 1.20 bits per heavy atom. The van der Waals surface area contributed by atoms with Gasteiger partial charge in [0.25, 0.3) is 5.91 Å². The fourth-order valence-electron chi connectivity index (χ4n) is 2.32. The Morgan fingerprint density at radius 2 is 1.87 bits per heavy atom. The van der Waals surface area contributed by atoms with Gasteiger partial charge < -0.3 is 14.8 Å². The highest BCUT2D eigenvalue weighted by atomic mass is 32.2. The Kier molecular flexibility index (Phi) is 7.60. The maximum Gasteiger partial charge on any atom is 0.387 e. The van der Waals surface area contributed by atoms with Crippen molar-refractivity contribution in [1.82, 2.24) is 5.32 Å². The van der Waals surface area contributed by atoms with Crippen LogP contribution in [-0.4, -0.2) is 39.0 Å². The van der Waals surface area contributed by atoms with Crippen LogP contribution in [0.5, 0.6) is 11.5 Å². The van der Waals surface area contributed by atoms with Crippen molar-refractivity contribution in [3.05, 3.63) is 58.1 Å². The summed E-state index contributed by atoms with van der Waals surface area (Å²) in [5.74, 6) is -0.851. The lowest BCUT2D eigenvalue weighted by molar-refractivity contribution is -0.386. The number of nitrogens with zero attached hydrogens (tertiary/aromatic N) is 1. The van der Waals surface area contributed by atoms with Gasteiger partial charge in [0.2, 0.25) is 10.0 Å². The van der Waals surface area contributed by atoms with Crippen LogP contribution in [0.25, 0.3) is 0 Å². The fraction of sp³-hybridized carbons (Fsp3) is 0.235. The molecule has 3 N–H and O–H groups in total. The van der Waals surface area contributed by atoms with Crippen molar-refractivity contribution in [2.45, 2.75) is 17.9 Å². The topological polar surface area (TPSA) is 151 Å². The number of nitro groups is 1. The van der Waals surface area contributed by atoms with Gasteiger partial charge in [-0.3, -0.25) is 14.9 Å². The molecule has 2 aromatic carbocycles. The minimum Gasteiger partial charge on any atom is -0.477 e. The van der Waals surface area contributed by atoms with Gasteiger partial charge in [0.1, 0.15) is 5.75 Å². The number of hydrogen-bond acceptors (Lipinski definition) is 7. The van der Waals surface area contributed by atoms with Gasteiger partial charge in [-0.1, -0.05) is 12.1 Å². The number of alkyl halides is 2. The summed E-state index contributed by atoms with van der Waals surface area (Å²) in [5.41, 5.74) is 0.104. The van der Waals surface area contributed by atoms with Gasteiger partial charge in [-0.05, 0) is 36.2 Å². The van der Waals surface area contributed by atoms with Crippen LogP contribution in [0, 0.1) is 10.1 Å². The molecule has 0 saturated carbocycles. The number of amides is 1. The molecule has 0 unspecified atom stereocenters. The van der Waals surface area contributed by atoms with E-state index in [0.717, 1.165) is 23.8 Å². The van der Waals surface area contributed by atoms with E-state index in [-0.39, 0.29) is 18.0 Å². The van der Waals surface area contributed by atoms with Gasteiger partial charge in [-0.2, -0.15) is 8.78 Å². The molecule has 0 spiro atoms.